The van der Waals surface area contributed by atoms with Crippen molar-refractivity contribution in [1.29, 1.82) is 0 Å². The van der Waals surface area contributed by atoms with Gasteiger partial charge >= 0.3 is 0 Å². The first-order valence-corrected chi connectivity index (χ1v) is 7.85. The van der Waals surface area contributed by atoms with Crippen LogP contribution in [0.25, 0.3) is 0 Å². The quantitative estimate of drug-likeness (QED) is 0.904. The van der Waals surface area contributed by atoms with E-state index in [-0.39, 0.29) is 0 Å². The maximum absolute atomic E-state index is 5.69. The van der Waals surface area contributed by atoms with Crippen molar-refractivity contribution in [3.8, 4) is 11.5 Å². The molecule has 1 heterocycles. The fourth-order valence-corrected chi connectivity index (χ4v) is 3.20. The molecule has 1 aliphatic rings. The molecule has 110 valence electrons. The molecule has 0 amide bonds. The van der Waals surface area contributed by atoms with Gasteiger partial charge in [0.2, 0.25) is 0 Å². The number of nitrogens with one attached hydrogen (secondary N) is 1. The fourth-order valence-electron chi connectivity index (χ4n) is 2.62. The Morgan fingerprint density at radius 3 is 2.95 bits per heavy atom. The molecule has 0 saturated carbocycles. The smallest absolute Gasteiger partial charge is 0.133 e. The highest BCUT2D eigenvalue weighted by molar-refractivity contribution is 9.10. The van der Waals surface area contributed by atoms with Gasteiger partial charge in [-0.25, -0.2) is 0 Å². The van der Waals surface area contributed by atoms with Gasteiger partial charge in [-0.3, -0.25) is 0 Å². The normalized spacial score (nSPS) is 17.0. The Morgan fingerprint density at radius 2 is 2.14 bits per heavy atom. The van der Waals surface area contributed by atoms with E-state index in [9.17, 15) is 0 Å². The van der Waals surface area contributed by atoms with E-state index in [1.807, 2.05) is 18.2 Å². The largest absolute Gasteiger partial charge is 0.496 e. The molecular formula is C17H18BrNO2. The van der Waals surface area contributed by atoms with Gasteiger partial charge in [-0.2, -0.15) is 0 Å². The zero-order valence-electron chi connectivity index (χ0n) is 11.9. The molecule has 0 unspecified atom stereocenters. The van der Waals surface area contributed by atoms with Gasteiger partial charge in [0.1, 0.15) is 11.5 Å². The average Bonchev–Trinajstić information content (AvgIpc) is 2.53. The first-order valence-electron chi connectivity index (χ1n) is 7.05. The van der Waals surface area contributed by atoms with Crippen LogP contribution >= 0.6 is 15.9 Å². The lowest BCUT2D eigenvalue weighted by atomic mass is 10.0. The number of hydrogen-bond donors (Lipinski definition) is 1. The molecule has 2 aromatic rings. The summed E-state index contributed by atoms with van der Waals surface area (Å²) in [7, 11) is 1.68. The van der Waals surface area contributed by atoms with Gasteiger partial charge < -0.3 is 14.8 Å². The molecule has 0 bridgehead atoms. The number of hydrogen-bond acceptors (Lipinski definition) is 3. The first-order chi connectivity index (χ1) is 10.3. The van der Waals surface area contributed by atoms with Crippen LogP contribution < -0.4 is 14.8 Å². The van der Waals surface area contributed by atoms with E-state index >= 15 is 0 Å². The second kappa shape index (κ2) is 6.50. The van der Waals surface area contributed by atoms with Crippen molar-refractivity contribution in [2.24, 2.45) is 0 Å². The zero-order valence-corrected chi connectivity index (χ0v) is 13.5. The van der Waals surface area contributed by atoms with Crippen LogP contribution in [0, 0.1) is 0 Å². The van der Waals surface area contributed by atoms with Crippen LogP contribution in [0.4, 0.5) is 0 Å². The van der Waals surface area contributed by atoms with Crippen LogP contribution in [0.2, 0.25) is 0 Å². The highest BCUT2D eigenvalue weighted by Gasteiger charge is 2.20. The highest BCUT2D eigenvalue weighted by atomic mass is 79.9. The van der Waals surface area contributed by atoms with Crippen molar-refractivity contribution >= 4 is 15.9 Å². The minimum Gasteiger partial charge on any atom is -0.496 e. The summed E-state index contributed by atoms with van der Waals surface area (Å²) in [5.74, 6) is 1.85. The molecule has 2 aromatic carbocycles. The van der Waals surface area contributed by atoms with E-state index in [2.05, 4.69) is 45.5 Å². The van der Waals surface area contributed by atoms with Gasteiger partial charge in [0, 0.05) is 24.6 Å². The van der Waals surface area contributed by atoms with E-state index < -0.39 is 0 Å². The lowest BCUT2D eigenvalue weighted by molar-refractivity contribution is 0.252. The van der Waals surface area contributed by atoms with Gasteiger partial charge in [0.05, 0.1) is 18.2 Å². The van der Waals surface area contributed by atoms with Crippen LogP contribution in [0.3, 0.4) is 0 Å². The lowest BCUT2D eigenvalue weighted by Crippen LogP contribution is -2.26. The van der Waals surface area contributed by atoms with Crippen LogP contribution in [-0.4, -0.2) is 13.7 Å². The van der Waals surface area contributed by atoms with Crippen molar-refractivity contribution in [3.63, 3.8) is 0 Å². The summed E-state index contributed by atoms with van der Waals surface area (Å²) in [5, 5.41) is 3.62. The second-order valence-electron chi connectivity index (χ2n) is 5.08. The van der Waals surface area contributed by atoms with Crippen molar-refractivity contribution in [2.75, 3.05) is 13.7 Å². The second-order valence-corrected chi connectivity index (χ2v) is 5.93. The molecule has 3 nitrogen and oxygen atoms in total. The topological polar surface area (TPSA) is 30.5 Å². The number of fused-ring (bicyclic) bond motifs is 1. The number of benzene rings is 2. The summed E-state index contributed by atoms with van der Waals surface area (Å²) in [4.78, 5) is 0. The van der Waals surface area contributed by atoms with Gasteiger partial charge in [0.25, 0.3) is 0 Å². The summed E-state index contributed by atoms with van der Waals surface area (Å²) in [6, 6.07) is 14.8. The van der Waals surface area contributed by atoms with Crippen LogP contribution in [-0.2, 0) is 6.54 Å². The number of methoxy groups -OCH3 is 1. The van der Waals surface area contributed by atoms with Gasteiger partial charge in [0.15, 0.2) is 0 Å². The maximum Gasteiger partial charge on any atom is 0.133 e. The summed E-state index contributed by atoms with van der Waals surface area (Å²) in [5.41, 5.74) is 2.47. The molecule has 1 N–H and O–H groups in total. The summed E-state index contributed by atoms with van der Waals surface area (Å²) in [6.45, 7) is 1.59. The molecule has 0 saturated heterocycles. The molecule has 21 heavy (non-hydrogen) atoms. The third-order valence-corrected chi connectivity index (χ3v) is 4.35. The van der Waals surface area contributed by atoms with Crippen molar-refractivity contribution in [3.05, 3.63) is 58.1 Å². The van der Waals surface area contributed by atoms with Crippen LogP contribution in [0.15, 0.2) is 46.9 Å². The molecule has 4 heteroatoms. The van der Waals surface area contributed by atoms with E-state index in [0.29, 0.717) is 6.04 Å². The first kappa shape index (κ1) is 14.4. The molecular weight excluding hydrogens is 330 g/mol. The Balaban J connectivity index is 1.70. The Hall–Kier alpha value is -1.52. The summed E-state index contributed by atoms with van der Waals surface area (Å²) in [6.07, 6.45) is 0.994. The molecule has 0 aromatic heterocycles. The maximum atomic E-state index is 5.69. The minimum atomic E-state index is 0.343. The average molecular weight is 348 g/mol. The Bertz CT molecular complexity index is 630. The Morgan fingerprint density at radius 1 is 1.29 bits per heavy atom. The zero-order chi connectivity index (χ0) is 14.7. The van der Waals surface area contributed by atoms with Crippen molar-refractivity contribution < 1.29 is 9.47 Å². The van der Waals surface area contributed by atoms with Gasteiger partial charge in [-0.15, -0.1) is 0 Å². The SMILES string of the molecule is COc1ccc(CN[C@@H]2CCOc3ccccc32)cc1Br. The van der Waals surface area contributed by atoms with E-state index in [4.69, 9.17) is 9.47 Å². The lowest BCUT2D eigenvalue weighted by Gasteiger charge is -2.26. The predicted octanol–water partition coefficient (Wildman–Crippen LogP) is 4.07. The van der Waals surface area contributed by atoms with Crippen LogP contribution in [0.5, 0.6) is 11.5 Å². The van der Waals surface area contributed by atoms with Gasteiger partial charge in [-0.05, 0) is 39.7 Å². The number of para-hydroxylation sites is 1. The minimum absolute atomic E-state index is 0.343. The van der Waals surface area contributed by atoms with E-state index in [1.165, 1.54) is 11.1 Å². The third kappa shape index (κ3) is 3.22. The van der Waals surface area contributed by atoms with Crippen molar-refractivity contribution in [1.82, 2.24) is 5.32 Å². The predicted molar refractivity (Wildman–Crippen MR) is 86.8 cm³/mol. The molecule has 3 rings (SSSR count). The standard InChI is InChI=1S/C17H18BrNO2/c1-20-17-7-6-12(10-14(17)18)11-19-15-8-9-21-16-5-3-2-4-13(15)16/h2-7,10,15,19H,8-9,11H2,1H3/t15-/m1/s1. The third-order valence-electron chi connectivity index (χ3n) is 3.73. The van der Waals surface area contributed by atoms with Crippen LogP contribution in [0.1, 0.15) is 23.6 Å². The number of ether oxygens (including phenoxy) is 2. The molecule has 0 aliphatic carbocycles. The molecule has 0 spiro atoms. The molecule has 0 radical (unpaired) electrons. The molecule has 0 fully saturated rings. The fraction of sp³-hybridized carbons (Fsp3) is 0.294. The Labute approximate surface area is 133 Å². The monoisotopic (exact) mass is 347 g/mol. The van der Waals surface area contributed by atoms with Crippen molar-refractivity contribution in [2.45, 2.75) is 19.0 Å². The van der Waals surface area contributed by atoms with Gasteiger partial charge in [-0.1, -0.05) is 24.3 Å². The van der Waals surface area contributed by atoms with E-state index in [0.717, 1.165) is 35.5 Å². The molecule has 1 aliphatic heterocycles. The highest BCUT2D eigenvalue weighted by Crippen LogP contribution is 2.32. The Kier molecular flexibility index (Phi) is 4.46. The summed E-state index contributed by atoms with van der Waals surface area (Å²) >= 11 is 3.53. The molecule has 1 atom stereocenters. The van der Waals surface area contributed by atoms with E-state index in [1.54, 1.807) is 7.11 Å². The number of rotatable bonds is 4. The summed E-state index contributed by atoms with van der Waals surface area (Å²) < 4.78 is 11.9. The number of halogens is 1.